The minimum atomic E-state index is 0.627. The molecule has 110 valence electrons. The van der Waals surface area contributed by atoms with E-state index in [1.54, 1.807) is 0 Å². The Balaban J connectivity index is 1.40. The maximum absolute atomic E-state index is 4.43. The summed E-state index contributed by atoms with van der Waals surface area (Å²) in [7, 11) is 0. The Morgan fingerprint density at radius 2 is 2.00 bits per heavy atom. The lowest BCUT2D eigenvalue weighted by atomic mass is 10.0. The van der Waals surface area contributed by atoms with Crippen LogP contribution in [0.25, 0.3) is 0 Å². The van der Waals surface area contributed by atoms with E-state index in [-0.39, 0.29) is 0 Å². The monoisotopic (exact) mass is 282 g/mol. The third kappa shape index (κ3) is 4.02. The van der Waals surface area contributed by atoms with Gasteiger partial charge in [-0.1, -0.05) is 12.1 Å². The predicted molar refractivity (Wildman–Crippen MR) is 85.4 cm³/mol. The number of aromatic nitrogens is 2. The van der Waals surface area contributed by atoms with Crippen LogP contribution in [-0.4, -0.2) is 35.6 Å². The summed E-state index contributed by atoms with van der Waals surface area (Å²) >= 11 is 0. The molecule has 0 radical (unpaired) electrons. The molecule has 4 heteroatoms. The summed E-state index contributed by atoms with van der Waals surface area (Å²) in [6.07, 6.45) is 9.06. The van der Waals surface area contributed by atoms with Crippen LogP contribution in [0.3, 0.4) is 0 Å². The maximum atomic E-state index is 4.43. The van der Waals surface area contributed by atoms with Gasteiger partial charge in [0.05, 0.1) is 0 Å². The zero-order valence-corrected chi connectivity index (χ0v) is 12.3. The van der Waals surface area contributed by atoms with Crippen molar-refractivity contribution >= 4 is 5.82 Å². The number of anilines is 1. The summed E-state index contributed by atoms with van der Waals surface area (Å²) in [5, 5.41) is 3.67. The fourth-order valence-electron chi connectivity index (χ4n) is 2.82. The fourth-order valence-corrected chi connectivity index (χ4v) is 2.82. The van der Waals surface area contributed by atoms with Crippen LogP contribution in [-0.2, 0) is 6.42 Å². The summed E-state index contributed by atoms with van der Waals surface area (Å²) < 4.78 is 0. The summed E-state index contributed by atoms with van der Waals surface area (Å²) in [6, 6.07) is 10.9. The van der Waals surface area contributed by atoms with Gasteiger partial charge in [0.2, 0.25) is 0 Å². The van der Waals surface area contributed by atoms with Gasteiger partial charge in [0.25, 0.3) is 0 Å². The number of nitrogens with one attached hydrogen (secondary N) is 1. The van der Waals surface area contributed by atoms with Gasteiger partial charge in [0.15, 0.2) is 0 Å². The smallest absolute Gasteiger partial charge is 0.128 e. The number of pyridine rings is 2. The van der Waals surface area contributed by atoms with Crippen LogP contribution in [0.5, 0.6) is 0 Å². The van der Waals surface area contributed by atoms with Gasteiger partial charge >= 0.3 is 0 Å². The molecule has 2 aromatic rings. The van der Waals surface area contributed by atoms with Gasteiger partial charge in [0.1, 0.15) is 5.82 Å². The summed E-state index contributed by atoms with van der Waals surface area (Å²) in [5.41, 5.74) is 1.30. The van der Waals surface area contributed by atoms with Crippen molar-refractivity contribution in [2.75, 3.05) is 24.5 Å². The average molecular weight is 282 g/mol. The zero-order valence-electron chi connectivity index (χ0n) is 12.3. The first-order chi connectivity index (χ1) is 10.4. The predicted octanol–water partition coefficient (Wildman–Crippen LogP) is 2.28. The van der Waals surface area contributed by atoms with Crippen LogP contribution in [0.1, 0.15) is 18.4 Å². The van der Waals surface area contributed by atoms with E-state index in [1.807, 2.05) is 30.7 Å². The molecule has 2 aromatic heterocycles. The van der Waals surface area contributed by atoms with Crippen LogP contribution in [0.4, 0.5) is 5.82 Å². The Hall–Kier alpha value is -1.94. The van der Waals surface area contributed by atoms with E-state index in [9.17, 15) is 0 Å². The fraction of sp³-hybridized carbons (Fsp3) is 0.412. The van der Waals surface area contributed by atoms with E-state index in [2.05, 4.69) is 38.4 Å². The molecule has 0 saturated carbocycles. The Labute approximate surface area is 126 Å². The minimum Gasteiger partial charge on any atom is -0.357 e. The number of piperidine rings is 1. The molecule has 4 nitrogen and oxygen atoms in total. The number of nitrogens with zero attached hydrogens (tertiary/aromatic N) is 3. The summed E-state index contributed by atoms with van der Waals surface area (Å²) in [4.78, 5) is 11.0. The number of hydrogen-bond donors (Lipinski definition) is 1. The van der Waals surface area contributed by atoms with Crippen molar-refractivity contribution in [2.45, 2.75) is 25.3 Å². The number of rotatable bonds is 5. The third-order valence-corrected chi connectivity index (χ3v) is 4.04. The highest BCUT2D eigenvalue weighted by molar-refractivity contribution is 5.38. The van der Waals surface area contributed by atoms with E-state index in [1.165, 1.54) is 18.4 Å². The molecule has 0 bridgehead atoms. The largest absolute Gasteiger partial charge is 0.357 e. The van der Waals surface area contributed by atoms with Gasteiger partial charge in [-0.25, -0.2) is 4.98 Å². The molecular formula is C17H22N4. The highest BCUT2D eigenvalue weighted by atomic mass is 15.2. The van der Waals surface area contributed by atoms with E-state index >= 15 is 0 Å². The molecule has 1 aliphatic heterocycles. The van der Waals surface area contributed by atoms with Gasteiger partial charge in [0, 0.05) is 37.7 Å². The van der Waals surface area contributed by atoms with Crippen molar-refractivity contribution < 1.29 is 0 Å². The average Bonchev–Trinajstić information content (AvgIpc) is 2.57. The second-order valence-electron chi connectivity index (χ2n) is 5.51. The third-order valence-electron chi connectivity index (χ3n) is 4.04. The van der Waals surface area contributed by atoms with Crippen LogP contribution in [0.2, 0.25) is 0 Å². The quantitative estimate of drug-likeness (QED) is 0.913. The molecule has 1 N–H and O–H groups in total. The van der Waals surface area contributed by atoms with Crippen molar-refractivity contribution in [1.82, 2.24) is 15.3 Å². The van der Waals surface area contributed by atoms with Gasteiger partial charge in [-0.15, -0.1) is 0 Å². The summed E-state index contributed by atoms with van der Waals surface area (Å²) in [6.45, 7) is 3.20. The Morgan fingerprint density at radius 3 is 2.71 bits per heavy atom. The second kappa shape index (κ2) is 7.18. The molecule has 0 unspecified atom stereocenters. The van der Waals surface area contributed by atoms with Crippen molar-refractivity contribution in [2.24, 2.45) is 0 Å². The Kier molecular flexibility index (Phi) is 4.79. The molecule has 1 fully saturated rings. The molecule has 0 amide bonds. The second-order valence-corrected chi connectivity index (χ2v) is 5.51. The van der Waals surface area contributed by atoms with Crippen LogP contribution >= 0.6 is 0 Å². The van der Waals surface area contributed by atoms with E-state index in [0.717, 1.165) is 31.9 Å². The Morgan fingerprint density at radius 1 is 1.10 bits per heavy atom. The van der Waals surface area contributed by atoms with Crippen LogP contribution in [0.15, 0.2) is 48.9 Å². The zero-order chi connectivity index (χ0) is 14.3. The lowest BCUT2D eigenvalue weighted by Gasteiger charge is -2.33. The first-order valence-corrected chi connectivity index (χ1v) is 7.70. The van der Waals surface area contributed by atoms with Crippen molar-refractivity contribution in [1.29, 1.82) is 0 Å². The Bertz CT molecular complexity index is 518. The molecule has 0 spiro atoms. The molecule has 3 rings (SSSR count). The molecule has 0 aromatic carbocycles. The minimum absolute atomic E-state index is 0.627. The molecular weight excluding hydrogens is 260 g/mol. The van der Waals surface area contributed by atoms with E-state index < -0.39 is 0 Å². The van der Waals surface area contributed by atoms with Gasteiger partial charge in [-0.3, -0.25) is 4.98 Å². The maximum Gasteiger partial charge on any atom is 0.128 e. The summed E-state index contributed by atoms with van der Waals surface area (Å²) in [5.74, 6) is 1.10. The number of hydrogen-bond acceptors (Lipinski definition) is 4. The van der Waals surface area contributed by atoms with Gasteiger partial charge < -0.3 is 10.2 Å². The van der Waals surface area contributed by atoms with Gasteiger partial charge in [-0.2, -0.15) is 0 Å². The SMILES string of the molecule is c1ccc(N2CCC(NCCc3cccnc3)CC2)nc1. The van der Waals surface area contributed by atoms with Crippen LogP contribution < -0.4 is 10.2 Å². The highest BCUT2D eigenvalue weighted by Gasteiger charge is 2.19. The van der Waals surface area contributed by atoms with Crippen molar-refractivity contribution in [3.8, 4) is 0 Å². The topological polar surface area (TPSA) is 41.0 Å². The standard InChI is InChI=1S/C17H22N4/c1-2-10-20-17(5-1)21-12-7-16(8-13-21)19-11-6-15-4-3-9-18-14-15/h1-5,9-10,14,16,19H,6-8,11-13H2. The first kappa shape index (κ1) is 14.0. The highest BCUT2D eigenvalue weighted by Crippen LogP contribution is 2.17. The molecule has 3 heterocycles. The van der Waals surface area contributed by atoms with E-state index in [4.69, 9.17) is 0 Å². The first-order valence-electron chi connectivity index (χ1n) is 7.70. The molecule has 1 saturated heterocycles. The lowest BCUT2D eigenvalue weighted by molar-refractivity contribution is 0.416. The van der Waals surface area contributed by atoms with E-state index in [0.29, 0.717) is 6.04 Å². The molecule has 0 atom stereocenters. The normalized spacial score (nSPS) is 16.1. The van der Waals surface area contributed by atoms with Crippen molar-refractivity contribution in [3.05, 3.63) is 54.5 Å². The van der Waals surface area contributed by atoms with Gasteiger partial charge in [-0.05, 0) is 49.6 Å². The molecule has 0 aliphatic carbocycles. The molecule has 1 aliphatic rings. The molecule has 21 heavy (non-hydrogen) atoms. The van der Waals surface area contributed by atoms with Crippen LogP contribution in [0, 0.1) is 0 Å². The van der Waals surface area contributed by atoms with Crippen molar-refractivity contribution in [3.63, 3.8) is 0 Å². The lowest BCUT2D eigenvalue weighted by Crippen LogP contribution is -2.43.